The van der Waals surface area contributed by atoms with E-state index < -0.39 is 0 Å². The van der Waals surface area contributed by atoms with Crippen LogP contribution in [0, 0.1) is 0 Å². The molecule has 0 aliphatic carbocycles. The predicted octanol–water partition coefficient (Wildman–Crippen LogP) is 3.81. The highest BCUT2D eigenvalue weighted by Crippen LogP contribution is 2.19. The molecule has 3 rings (SSSR count). The first-order valence-electron chi connectivity index (χ1n) is 10.4. The lowest BCUT2D eigenvalue weighted by molar-refractivity contribution is 0.0529. The van der Waals surface area contributed by atoms with Gasteiger partial charge in [0.1, 0.15) is 5.82 Å². The number of anilines is 1. The first-order valence-corrected chi connectivity index (χ1v) is 11.7. The summed E-state index contributed by atoms with van der Waals surface area (Å²) in [6.07, 6.45) is 2.16. The molecule has 162 valence electrons. The average Bonchev–Trinajstić information content (AvgIpc) is 2.76. The molecule has 1 unspecified atom stereocenters. The number of aliphatic imine (C=N–C) groups is 1. The van der Waals surface area contributed by atoms with Crippen molar-refractivity contribution in [1.82, 2.24) is 15.6 Å². The van der Waals surface area contributed by atoms with Gasteiger partial charge in [-0.05, 0) is 49.7 Å². The van der Waals surface area contributed by atoms with Gasteiger partial charge < -0.3 is 20.3 Å². The van der Waals surface area contributed by atoms with Crippen molar-refractivity contribution in [2.75, 3.05) is 43.4 Å². The largest absolute Gasteiger partial charge is 0.375 e. The van der Waals surface area contributed by atoms with E-state index in [0.717, 1.165) is 60.9 Å². The number of pyridine rings is 1. The second kappa shape index (κ2) is 12.0. The Labute approximate surface area is 188 Å². The first kappa shape index (κ1) is 22.7. The van der Waals surface area contributed by atoms with Crippen molar-refractivity contribution in [3.8, 4) is 0 Å². The van der Waals surface area contributed by atoms with Crippen molar-refractivity contribution in [2.45, 2.75) is 31.4 Å². The van der Waals surface area contributed by atoms with Crippen molar-refractivity contribution >= 4 is 35.1 Å². The third-order valence-electron chi connectivity index (χ3n) is 4.62. The molecule has 0 bridgehead atoms. The fraction of sp³-hybridized carbons (Fsp3) is 0.455. The summed E-state index contributed by atoms with van der Waals surface area (Å²) in [7, 11) is 0. The number of benzene rings is 1. The Bertz CT molecular complexity index is 800. The van der Waals surface area contributed by atoms with Crippen LogP contribution in [0.1, 0.15) is 19.4 Å². The maximum absolute atomic E-state index is 5.93. The normalized spacial score (nSPS) is 17.1. The summed E-state index contributed by atoms with van der Waals surface area (Å²) < 4.78 is 5.60. The molecule has 1 aromatic heterocycles. The number of aromatic nitrogens is 1. The molecule has 0 spiro atoms. The minimum Gasteiger partial charge on any atom is -0.375 e. The maximum atomic E-state index is 5.93. The van der Waals surface area contributed by atoms with Crippen molar-refractivity contribution in [3.05, 3.63) is 53.2 Å². The van der Waals surface area contributed by atoms with Gasteiger partial charge in [0.05, 0.1) is 19.3 Å². The highest BCUT2D eigenvalue weighted by atomic mass is 35.5. The fourth-order valence-corrected chi connectivity index (χ4v) is 4.00. The average molecular weight is 448 g/mol. The number of guanidine groups is 1. The Morgan fingerprint density at radius 1 is 1.27 bits per heavy atom. The van der Waals surface area contributed by atoms with Gasteiger partial charge in [0.2, 0.25) is 0 Å². The molecule has 1 saturated heterocycles. The number of thioether (sulfide) groups is 1. The molecule has 8 heteroatoms. The van der Waals surface area contributed by atoms with Crippen LogP contribution >= 0.6 is 23.4 Å². The molecule has 2 aromatic rings. The summed E-state index contributed by atoms with van der Waals surface area (Å²) >= 11 is 7.72. The van der Waals surface area contributed by atoms with Crippen LogP contribution in [0.25, 0.3) is 0 Å². The number of hydrogen-bond acceptors (Lipinski definition) is 5. The van der Waals surface area contributed by atoms with Crippen LogP contribution in [0.3, 0.4) is 0 Å². The van der Waals surface area contributed by atoms with Crippen LogP contribution in [-0.2, 0) is 11.3 Å². The van der Waals surface area contributed by atoms with Crippen molar-refractivity contribution in [1.29, 1.82) is 0 Å². The molecule has 1 aromatic carbocycles. The molecular weight excluding hydrogens is 418 g/mol. The summed E-state index contributed by atoms with van der Waals surface area (Å²) in [5.74, 6) is 2.77. The second-order valence-electron chi connectivity index (χ2n) is 7.08. The monoisotopic (exact) mass is 447 g/mol. The number of hydrogen-bond donors (Lipinski definition) is 2. The van der Waals surface area contributed by atoms with Crippen molar-refractivity contribution in [3.63, 3.8) is 0 Å². The Kier molecular flexibility index (Phi) is 9.11. The number of nitrogens with one attached hydrogen (secondary N) is 2. The SMILES string of the molecule is CCNC(=NCc1ccc(N2CCOC(C)C2)nc1)NCCSc1ccc(Cl)cc1. The standard InChI is InChI=1S/C22H30ClN5OS/c1-3-24-22(25-10-13-30-20-7-5-19(23)6-8-20)27-15-18-4-9-21(26-14-18)28-11-12-29-17(2)16-28/h4-9,14,17H,3,10-13,15-16H2,1-2H3,(H2,24,25,27). The summed E-state index contributed by atoms with van der Waals surface area (Å²) in [4.78, 5) is 12.8. The van der Waals surface area contributed by atoms with Gasteiger partial charge in [0, 0.05) is 48.0 Å². The van der Waals surface area contributed by atoms with Gasteiger partial charge in [0.25, 0.3) is 0 Å². The third kappa shape index (κ3) is 7.38. The van der Waals surface area contributed by atoms with E-state index in [1.165, 1.54) is 4.90 Å². The van der Waals surface area contributed by atoms with E-state index in [-0.39, 0.29) is 6.10 Å². The summed E-state index contributed by atoms with van der Waals surface area (Å²) in [5.41, 5.74) is 1.09. The van der Waals surface area contributed by atoms with Gasteiger partial charge in [-0.25, -0.2) is 9.98 Å². The van der Waals surface area contributed by atoms with Gasteiger partial charge in [-0.15, -0.1) is 11.8 Å². The zero-order chi connectivity index (χ0) is 21.2. The molecule has 1 aliphatic heterocycles. The highest BCUT2D eigenvalue weighted by molar-refractivity contribution is 7.99. The smallest absolute Gasteiger partial charge is 0.191 e. The summed E-state index contributed by atoms with van der Waals surface area (Å²) in [6, 6.07) is 12.1. The minimum atomic E-state index is 0.247. The number of morpholine rings is 1. The van der Waals surface area contributed by atoms with E-state index in [1.54, 1.807) is 11.8 Å². The van der Waals surface area contributed by atoms with Crippen LogP contribution < -0.4 is 15.5 Å². The molecule has 0 radical (unpaired) electrons. The molecule has 2 heterocycles. The van der Waals surface area contributed by atoms with Crippen molar-refractivity contribution in [2.24, 2.45) is 4.99 Å². The van der Waals surface area contributed by atoms with Crippen molar-refractivity contribution < 1.29 is 4.74 Å². The topological polar surface area (TPSA) is 61.8 Å². The molecule has 30 heavy (non-hydrogen) atoms. The molecule has 1 fully saturated rings. The molecule has 0 amide bonds. The predicted molar refractivity (Wildman–Crippen MR) is 127 cm³/mol. The number of rotatable bonds is 8. The zero-order valence-corrected chi connectivity index (χ0v) is 19.2. The Balaban J connectivity index is 1.46. The van der Waals surface area contributed by atoms with E-state index in [4.69, 9.17) is 16.3 Å². The maximum Gasteiger partial charge on any atom is 0.191 e. The number of ether oxygens (including phenoxy) is 1. The van der Waals surface area contributed by atoms with Crippen LogP contribution in [0.5, 0.6) is 0 Å². The molecule has 6 nitrogen and oxygen atoms in total. The van der Waals surface area contributed by atoms with Gasteiger partial charge in [-0.2, -0.15) is 0 Å². The van der Waals surface area contributed by atoms with Gasteiger partial charge in [-0.3, -0.25) is 0 Å². The quantitative estimate of drug-likeness (QED) is 0.278. The van der Waals surface area contributed by atoms with E-state index in [1.807, 2.05) is 30.5 Å². The molecule has 1 aliphatic rings. The van der Waals surface area contributed by atoms with Crippen LogP contribution in [-0.4, -0.2) is 55.6 Å². The van der Waals surface area contributed by atoms with Crippen LogP contribution in [0.2, 0.25) is 5.02 Å². The fourth-order valence-electron chi connectivity index (χ4n) is 3.11. The lowest BCUT2D eigenvalue weighted by Crippen LogP contribution is -2.41. The van der Waals surface area contributed by atoms with Crippen LogP contribution in [0.4, 0.5) is 5.82 Å². The van der Waals surface area contributed by atoms with Gasteiger partial charge >= 0.3 is 0 Å². The Hall–Kier alpha value is -1.96. The minimum absolute atomic E-state index is 0.247. The lowest BCUT2D eigenvalue weighted by atomic mass is 10.2. The van der Waals surface area contributed by atoms with E-state index in [2.05, 4.69) is 51.5 Å². The lowest BCUT2D eigenvalue weighted by Gasteiger charge is -2.32. The van der Waals surface area contributed by atoms with Gasteiger partial charge in [-0.1, -0.05) is 17.7 Å². The highest BCUT2D eigenvalue weighted by Gasteiger charge is 2.17. The summed E-state index contributed by atoms with van der Waals surface area (Å²) in [5, 5.41) is 7.45. The van der Waals surface area contributed by atoms with E-state index >= 15 is 0 Å². The molecule has 1 atom stereocenters. The number of nitrogens with zero attached hydrogens (tertiary/aromatic N) is 3. The van der Waals surface area contributed by atoms with Gasteiger partial charge in [0.15, 0.2) is 5.96 Å². The zero-order valence-electron chi connectivity index (χ0n) is 17.6. The van der Waals surface area contributed by atoms with Crippen LogP contribution in [0.15, 0.2) is 52.5 Å². The third-order valence-corrected chi connectivity index (χ3v) is 5.88. The molecular formula is C22H30ClN5OS. The molecule has 2 N–H and O–H groups in total. The Morgan fingerprint density at radius 2 is 2.10 bits per heavy atom. The second-order valence-corrected chi connectivity index (χ2v) is 8.68. The molecule has 0 saturated carbocycles. The van der Waals surface area contributed by atoms with E-state index in [9.17, 15) is 0 Å². The Morgan fingerprint density at radius 3 is 2.80 bits per heavy atom. The number of halogens is 1. The van der Waals surface area contributed by atoms with E-state index in [0.29, 0.717) is 6.54 Å². The first-order chi connectivity index (χ1) is 14.6. The summed E-state index contributed by atoms with van der Waals surface area (Å²) in [6.45, 7) is 8.92.